The molecule has 0 N–H and O–H groups in total. The van der Waals surface area contributed by atoms with Crippen LogP contribution in [0, 0.1) is 5.92 Å². The van der Waals surface area contributed by atoms with Crippen LogP contribution in [0.15, 0.2) is 97.1 Å². The van der Waals surface area contributed by atoms with Gasteiger partial charge in [-0.25, -0.2) is 0 Å². The fourth-order valence-corrected chi connectivity index (χ4v) is 3.45. The van der Waals surface area contributed by atoms with E-state index in [-0.39, 0.29) is 11.9 Å². The number of benzene rings is 3. The molecule has 3 aromatic carbocycles. The number of para-hydroxylation sites is 1. The lowest BCUT2D eigenvalue weighted by molar-refractivity contribution is -0.158. The number of hydrogen-bond donors (Lipinski definition) is 0. The third kappa shape index (κ3) is 7.42. The summed E-state index contributed by atoms with van der Waals surface area (Å²) >= 11 is 0. The second-order valence-electron chi connectivity index (χ2n) is 8.76. The van der Waals surface area contributed by atoms with Crippen molar-refractivity contribution in [1.29, 1.82) is 0 Å². The Kier molecular flexibility index (Phi) is 8.27. The molecule has 0 saturated heterocycles. The van der Waals surface area contributed by atoms with Gasteiger partial charge in [-0.1, -0.05) is 84.9 Å². The summed E-state index contributed by atoms with van der Waals surface area (Å²) < 4.78 is 11.6. The van der Waals surface area contributed by atoms with E-state index in [1.807, 2.05) is 87.5 Å². The Hall–Kier alpha value is -3.33. The van der Waals surface area contributed by atoms with Crippen LogP contribution in [0.2, 0.25) is 0 Å². The largest absolute Gasteiger partial charge is 0.494 e. The summed E-state index contributed by atoms with van der Waals surface area (Å²) in [5.74, 6) is 0.261. The van der Waals surface area contributed by atoms with Crippen molar-refractivity contribution in [1.82, 2.24) is 0 Å². The maximum absolute atomic E-state index is 13.1. The van der Waals surface area contributed by atoms with Gasteiger partial charge in [0, 0.05) is 0 Å². The predicted molar refractivity (Wildman–Crippen MR) is 130 cm³/mol. The van der Waals surface area contributed by atoms with Crippen LogP contribution in [0.3, 0.4) is 0 Å². The topological polar surface area (TPSA) is 35.5 Å². The molecule has 166 valence electrons. The van der Waals surface area contributed by atoms with Gasteiger partial charge in [-0.3, -0.25) is 4.79 Å². The summed E-state index contributed by atoms with van der Waals surface area (Å²) in [6, 6.07) is 30.1. The van der Waals surface area contributed by atoms with Crippen molar-refractivity contribution in [3.8, 4) is 5.75 Å². The SMILES string of the molecule is CC(C)(C)OC(=O)C(C=C(c1ccccc1)c1ccccc1)CCCOc1ccccc1. The molecule has 0 heterocycles. The van der Waals surface area contributed by atoms with Gasteiger partial charge in [0.2, 0.25) is 0 Å². The fraction of sp³-hybridized carbons (Fsp3) is 0.276. The second kappa shape index (κ2) is 11.3. The van der Waals surface area contributed by atoms with Gasteiger partial charge >= 0.3 is 5.97 Å². The van der Waals surface area contributed by atoms with Crippen molar-refractivity contribution >= 4 is 11.5 Å². The zero-order valence-electron chi connectivity index (χ0n) is 19.2. The van der Waals surface area contributed by atoms with Gasteiger partial charge in [-0.15, -0.1) is 0 Å². The molecule has 3 nitrogen and oxygen atoms in total. The summed E-state index contributed by atoms with van der Waals surface area (Å²) in [4.78, 5) is 13.1. The summed E-state index contributed by atoms with van der Waals surface area (Å²) in [5, 5.41) is 0. The Morgan fingerprint density at radius 1 is 0.812 bits per heavy atom. The zero-order valence-corrected chi connectivity index (χ0v) is 19.2. The number of rotatable bonds is 9. The molecule has 0 spiro atoms. The first-order valence-corrected chi connectivity index (χ1v) is 11.2. The normalized spacial score (nSPS) is 12.0. The highest BCUT2D eigenvalue weighted by atomic mass is 16.6. The van der Waals surface area contributed by atoms with E-state index in [1.54, 1.807) is 0 Å². The first-order valence-electron chi connectivity index (χ1n) is 11.2. The summed E-state index contributed by atoms with van der Waals surface area (Å²) in [6.45, 7) is 6.25. The maximum atomic E-state index is 13.1. The third-order valence-electron chi connectivity index (χ3n) is 4.92. The Balaban J connectivity index is 1.83. The average molecular weight is 429 g/mol. The molecule has 3 aromatic rings. The van der Waals surface area contributed by atoms with Crippen molar-refractivity contribution in [2.45, 2.75) is 39.2 Å². The summed E-state index contributed by atoms with van der Waals surface area (Å²) in [5.41, 5.74) is 2.65. The summed E-state index contributed by atoms with van der Waals surface area (Å²) in [7, 11) is 0. The number of esters is 1. The molecule has 0 bridgehead atoms. The van der Waals surface area contributed by atoms with Gasteiger partial charge in [0.1, 0.15) is 11.4 Å². The highest BCUT2D eigenvalue weighted by Gasteiger charge is 2.24. The number of ether oxygens (including phenoxy) is 2. The molecule has 0 aliphatic carbocycles. The molecule has 3 heteroatoms. The molecular formula is C29H32O3. The van der Waals surface area contributed by atoms with E-state index >= 15 is 0 Å². The van der Waals surface area contributed by atoms with Gasteiger partial charge in [0.15, 0.2) is 0 Å². The van der Waals surface area contributed by atoms with Crippen molar-refractivity contribution < 1.29 is 14.3 Å². The van der Waals surface area contributed by atoms with Crippen molar-refractivity contribution in [2.75, 3.05) is 6.61 Å². The molecule has 0 amide bonds. The third-order valence-corrected chi connectivity index (χ3v) is 4.92. The molecule has 0 fully saturated rings. The maximum Gasteiger partial charge on any atom is 0.313 e. The fourth-order valence-electron chi connectivity index (χ4n) is 3.45. The molecule has 0 radical (unpaired) electrons. The quantitative estimate of drug-likeness (QED) is 0.274. The van der Waals surface area contributed by atoms with Crippen molar-refractivity contribution in [3.63, 3.8) is 0 Å². The minimum Gasteiger partial charge on any atom is -0.494 e. The molecule has 1 unspecified atom stereocenters. The van der Waals surface area contributed by atoms with Crippen LogP contribution >= 0.6 is 0 Å². The highest BCUT2D eigenvalue weighted by molar-refractivity contribution is 5.84. The molecule has 1 atom stereocenters. The van der Waals surface area contributed by atoms with Crippen LogP contribution in [-0.4, -0.2) is 18.2 Å². The predicted octanol–water partition coefficient (Wildman–Crippen LogP) is 6.94. The van der Waals surface area contributed by atoms with Crippen LogP contribution in [0.5, 0.6) is 5.75 Å². The van der Waals surface area contributed by atoms with Crippen molar-refractivity contribution in [3.05, 3.63) is 108 Å². The molecule has 0 saturated carbocycles. The van der Waals surface area contributed by atoms with Crippen LogP contribution in [0.4, 0.5) is 0 Å². The Morgan fingerprint density at radius 2 is 1.31 bits per heavy atom. The lowest BCUT2D eigenvalue weighted by Gasteiger charge is -2.23. The van der Waals surface area contributed by atoms with Crippen molar-refractivity contribution in [2.24, 2.45) is 5.92 Å². The molecular weight excluding hydrogens is 396 g/mol. The van der Waals surface area contributed by atoms with Gasteiger partial charge < -0.3 is 9.47 Å². The van der Waals surface area contributed by atoms with Crippen LogP contribution in [0.25, 0.3) is 5.57 Å². The molecule has 32 heavy (non-hydrogen) atoms. The Labute approximate surface area is 191 Å². The Morgan fingerprint density at radius 3 is 1.81 bits per heavy atom. The first kappa shape index (κ1) is 23.3. The second-order valence-corrected chi connectivity index (χ2v) is 8.76. The zero-order chi connectivity index (χ0) is 22.8. The van der Waals surface area contributed by atoms with Gasteiger partial charge in [-0.2, -0.15) is 0 Å². The highest BCUT2D eigenvalue weighted by Crippen LogP contribution is 2.28. The molecule has 0 aliphatic rings. The van der Waals surface area contributed by atoms with Crippen LogP contribution in [-0.2, 0) is 9.53 Å². The minimum atomic E-state index is -0.538. The Bertz CT molecular complexity index is 945. The number of hydrogen-bond acceptors (Lipinski definition) is 3. The van der Waals surface area contributed by atoms with E-state index < -0.39 is 5.60 Å². The number of carbonyl (C=O) groups excluding carboxylic acids is 1. The van der Waals surface area contributed by atoms with E-state index in [0.717, 1.165) is 28.9 Å². The lowest BCUT2D eigenvalue weighted by Crippen LogP contribution is -2.28. The van der Waals surface area contributed by atoms with Crippen LogP contribution in [0.1, 0.15) is 44.7 Å². The molecule has 0 aliphatic heterocycles. The van der Waals surface area contributed by atoms with E-state index in [4.69, 9.17) is 9.47 Å². The smallest absolute Gasteiger partial charge is 0.313 e. The van der Waals surface area contributed by atoms with E-state index in [1.165, 1.54) is 0 Å². The number of carbonyl (C=O) groups is 1. The van der Waals surface area contributed by atoms with Gasteiger partial charge in [0.25, 0.3) is 0 Å². The standard InChI is InChI=1S/C29H32O3/c1-29(2,3)32-28(30)25(18-13-21-31-26-19-11-6-12-20-26)22-27(23-14-7-4-8-15-23)24-16-9-5-10-17-24/h4-12,14-17,19-20,22,25H,13,18,21H2,1-3H3. The minimum absolute atomic E-state index is 0.207. The lowest BCUT2D eigenvalue weighted by atomic mass is 9.92. The van der Waals surface area contributed by atoms with E-state index in [0.29, 0.717) is 13.0 Å². The van der Waals surface area contributed by atoms with Crippen LogP contribution < -0.4 is 4.74 Å². The molecule has 3 rings (SSSR count). The van der Waals surface area contributed by atoms with Gasteiger partial charge in [0.05, 0.1) is 12.5 Å². The molecule has 0 aromatic heterocycles. The monoisotopic (exact) mass is 428 g/mol. The first-order chi connectivity index (χ1) is 15.4. The average Bonchev–Trinajstić information content (AvgIpc) is 2.79. The van der Waals surface area contributed by atoms with Gasteiger partial charge in [-0.05, 0) is 62.4 Å². The van der Waals surface area contributed by atoms with E-state index in [9.17, 15) is 4.79 Å². The van der Waals surface area contributed by atoms with E-state index in [2.05, 4.69) is 30.3 Å². The summed E-state index contributed by atoms with van der Waals surface area (Å²) in [6.07, 6.45) is 3.44.